The average molecular weight is 158 g/mol. The zero-order valence-corrected chi connectivity index (χ0v) is 8.65. The van der Waals surface area contributed by atoms with Crippen molar-refractivity contribution in [2.75, 3.05) is 6.66 Å². The van der Waals surface area contributed by atoms with E-state index in [-0.39, 0.29) is 0 Å². The normalized spacial score (nSPS) is 50.1. The Hall–Kier alpha value is 0.430. The molecule has 0 radical (unpaired) electrons. The summed E-state index contributed by atoms with van der Waals surface area (Å²) < 4.78 is 0. The van der Waals surface area contributed by atoms with E-state index in [9.17, 15) is 0 Å². The van der Waals surface area contributed by atoms with Gasteiger partial charge < -0.3 is 0 Å². The highest BCUT2D eigenvalue weighted by Crippen LogP contribution is 2.57. The fourth-order valence-corrected chi connectivity index (χ4v) is 4.76. The van der Waals surface area contributed by atoms with Crippen molar-refractivity contribution in [2.45, 2.75) is 39.0 Å². The molecular weight excluding hydrogens is 139 g/mol. The monoisotopic (exact) mass is 158 g/mol. The summed E-state index contributed by atoms with van der Waals surface area (Å²) in [5.41, 5.74) is 2.00. The molecule has 1 fully saturated rings. The molecule has 1 aliphatic rings. The second-order valence-electron chi connectivity index (χ2n) is 3.86. The molecule has 0 aromatic heterocycles. The highest BCUT2D eigenvalue weighted by atomic mass is 31.1. The van der Waals surface area contributed by atoms with Crippen LogP contribution in [0.1, 0.15) is 27.7 Å². The molecule has 0 saturated carbocycles. The van der Waals surface area contributed by atoms with E-state index in [1.54, 1.807) is 0 Å². The second-order valence-corrected chi connectivity index (χ2v) is 6.82. The lowest BCUT2D eigenvalue weighted by molar-refractivity contribution is 0.413. The van der Waals surface area contributed by atoms with Gasteiger partial charge in [-0.3, -0.25) is 0 Å². The summed E-state index contributed by atoms with van der Waals surface area (Å²) in [7, 11) is 0.334. The minimum absolute atomic E-state index is 0.334. The van der Waals surface area contributed by atoms with Crippen molar-refractivity contribution >= 4 is 7.92 Å². The summed E-state index contributed by atoms with van der Waals surface area (Å²) in [6, 6.07) is 0. The van der Waals surface area contributed by atoms with E-state index in [1.807, 2.05) is 0 Å². The Labute approximate surface area is 66.2 Å². The van der Waals surface area contributed by atoms with Gasteiger partial charge in [-0.25, -0.2) is 0 Å². The summed E-state index contributed by atoms with van der Waals surface area (Å²) >= 11 is 0. The van der Waals surface area contributed by atoms with Gasteiger partial charge in [-0.05, 0) is 29.8 Å². The Kier molecular flexibility index (Phi) is 2.40. The van der Waals surface area contributed by atoms with Gasteiger partial charge in [0.15, 0.2) is 0 Å². The van der Waals surface area contributed by atoms with Crippen molar-refractivity contribution in [3.05, 3.63) is 0 Å². The standard InChI is InChI=1S/C9H19P/c1-6-7(2)9(4)10(5)8(6)3/h6-9H,1-5H3/t6-,7-,8+,9+/m0/s1. The lowest BCUT2D eigenvalue weighted by Crippen LogP contribution is -2.12. The molecule has 0 bridgehead atoms. The molecule has 1 heterocycles. The minimum Gasteiger partial charge on any atom is -0.104 e. The number of hydrogen-bond acceptors (Lipinski definition) is 0. The SMILES string of the molecule is C[C@H]1[C@H](C)[C@@H](C)P(C)[C@@H]1C. The van der Waals surface area contributed by atoms with Crippen LogP contribution in [0.2, 0.25) is 0 Å². The summed E-state index contributed by atoms with van der Waals surface area (Å²) in [5, 5.41) is 0. The van der Waals surface area contributed by atoms with Crippen molar-refractivity contribution in [2.24, 2.45) is 11.8 Å². The summed E-state index contributed by atoms with van der Waals surface area (Å²) in [6.45, 7) is 12.1. The second kappa shape index (κ2) is 2.81. The lowest BCUT2D eigenvalue weighted by Gasteiger charge is -2.15. The molecule has 0 amide bonds. The van der Waals surface area contributed by atoms with Crippen molar-refractivity contribution in [3.63, 3.8) is 0 Å². The lowest BCUT2D eigenvalue weighted by atomic mass is 9.92. The Bertz CT molecular complexity index is 77.1. The first-order chi connectivity index (χ1) is 4.55. The van der Waals surface area contributed by atoms with E-state index in [2.05, 4.69) is 34.4 Å². The largest absolute Gasteiger partial charge is 0.104 e. The van der Waals surface area contributed by atoms with Gasteiger partial charge in [-0.15, -0.1) is 7.92 Å². The molecule has 0 unspecified atom stereocenters. The molecular formula is C9H19P. The maximum atomic E-state index is 2.46. The molecule has 0 N–H and O–H groups in total. The molecule has 1 rings (SSSR count). The van der Waals surface area contributed by atoms with Gasteiger partial charge in [0.25, 0.3) is 0 Å². The van der Waals surface area contributed by atoms with E-state index in [1.165, 1.54) is 0 Å². The molecule has 1 heteroatoms. The van der Waals surface area contributed by atoms with E-state index < -0.39 is 0 Å². The zero-order chi connectivity index (χ0) is 7.89. The molecule has 0 aromatic carbocycles. The first kappa shape index (κ1) is 8.53. The summed E-state index contributed by atoms with van der Waals surface area (Å²) in [4.78, 5) is 0. The molecule has 0 aromatic rings. The Morgan fingerprint density at radius 3 is 1.20 bits per heavy atom. The van der Waals surface area contributed by atoms with Gasteiger partial charge in [0.2, 0.25) is 0 Å². The highest BCUT2D eigenvalue weighted by molar-refractivity contribution is 7.58. The maximum Gasteiger partial charge on any atom is -0.0209 e. The molecule has 1 aliphatic heterocycles. The van der Waals surface area contributed by atoms with Gasteiger partial charge in [0, 0.05) is 0 Å². The predicted octanol–water partition coefficient (Wildman–Crippen LogP) is 3.16. The van der Waals surface area contributed by atoms with Crippen LogP contribution >= 0.6 is 7.92 Å². The number of hydrogen-bond donors (Lipinski definition) is 0. The van der Waals surface area contributed by atoms with E-state index in [0.717, 1.165) is 23.2 Å². The van der Waals surface area contributed by atoms with Crippen molar-refractivity contribution in [1.82, 2.24) is 0 Å². The Morgan fingerprint density at radius 1 is 0.800 bits per heavy atom. The van der Waals surface area contributed by atoms with E-state index in [0.29, 0.717) is 7.92 Å². The zero-order valence-electron chi connectivity index (χ0n) is 7.76. The van der Waals surface area contributed by atoms with Crippen LogP contribution in [0.4, 0.5) is 0 Å². The van der Waals surface area contributed by atoms with Gasteiger partial charge in [-0.2, -0.15) is 0 Å². The van der Waals surface area contributed by atoms with Gasteiger partial charge in [0.1, 0.15) is 0 Å². The van der Waals surface area contributed by atoms with Crippen LogP contribution in [0.15, 0.2) is 0 Å². The van der Waals surface area contributed by atoms with Crippen LogP contribution in [0.25, 0.3) is 0 Å². The Morgan fingerprint density at radius 2 is 1.10 bits per heavy atom. The topological polar surface area (TPSA) is 0 Å². The molecule has 0 aliphatic carbocycles. The molecule has 4 atom stereocenters. The van der Waals surface area contributed by atoms with Gasteiger partial charge in [-0.1, -0.05) is 27.7 Å². The van der Waals surface area contributed by atoms with Crippen LogP contribution < -0.4 is 0 Å². The van der Waals surface area contributed by atoms with Gasteiger partial charge >= 0.3 is 0 Å². The summed E-state index contributed by atoms with van der Waals surface area (Å²) in [6.07, 6.45) is 0. The Balaban J connectivity index is 2.68. The minimum atomic E-state index is 0.334. The van der Waals surface area contributed by atoms with Gasteiger partial charge in [0.05, 0.1) is 0 Å². The average Bonchev–Trinajstić information content (AvgIpc) is 2.07. The fourth-order valence-electron chi connectivity index (χ4n) is 1.99. The quantitative estimate of drug-likeness (QED) is 0.475. The number of rotatable bonds is 0. The van der Waals surface area contributed by atoms with Crippen molar-refractivity contribution < 1.29 is 0 Å². The smallest absolute Gasteiger partial charge is 0.0209 e. The molecule has 60 valence electrons. The van der Waals surface area contributed by atoms with Crippen LogP contribution in [0.5, 0.6) is 0 Å². The van der Waals surface area contributed by atoms with Crippen molar-refractivity contribution in [1.29, 1.82) is 0 Å². The molecule has 1 saturated heterocycles. The highest BCUT2D eigenvalue weighted by Gasteiger charge is 2.37. The predicted molar refractivity (Wildman–Crippen MR) is 50.1 cm³/mol. The molecule has 10 heavy (non-hydrogen) atoms. The van der Waals surface area contributed by atoms with E-state index >= 15 is 0 Å². The van der Waals surface area contributed by atoms with Crippen LogP contribution in [-0.4, -0.2) is 18.0 Å². The first-order valence-corrected chi connectivity index (χ1v) is 6.20. The van der Waals surface area contributed by atoms with Crippen LogP contribution in [0, 0.1) is 11.8 Å². The third-order valence-electron chi connectivity index (χ3n) is 3.64. The third-order valence-corrected chi connectivity index (χ3v) is 7.15. The maximum absolute atomic E-state index is 2.46. The van der Waals surface area contributed by atoms with E-state index in [4.69, 9.17) is 0 Å². The molecule has 0 spiro atoms. The summed E-state index contributed by atoms with van der Waals surface area (Å²) in [5.74, 6) is 1.93. The van der Waals surface area contributed by atoms with Crippen LogP contribution in [0.3, 0.4) is 0 Å². The molecule has 0 nitrogen and oxygen atoms in total. The third kappa shape index (κ3) is 1.11. The first-order valence-electron chi connectivity index (χ1n) is 4.27. The fraction of sp³-hybridized carbons (Fsp3) is 1.00. The van der Waals surface area contributed by atoms with Crippen LogP contribution in [-0.2, 0) is 0 Å². The van der Waals surface area contributed by atoms with Crippen molar-refractivity contribution in [3.8, 4) is 0 Å².